The van der Waals surface area contributed by atoms with Crippen molar-refractivity contribution in [3.63, 3.8) is 0 Å². The fourth-order valence-electron chi connectivity index (χ4n) is 5.17. The SMILES string of the molecule is Cc1cc(NC(=O)c2ccco2)sc1C(=O)N1C[C@@]2(C)C[C@H]1CC(C)(C)C2. The van der Waals surface area contributed by atoms with Gasteiger partial charge in [0.2, 0.25) is 0 Å². The normalized spacial score (nSPS) is 26.2. The van der Waals surface area contributed by atoms with E-state index in [1.807, 2.05) is 13.0 Å². The van der Waals surface area contributed by atoms with Gasteiger partial charge in [0, 0.05) is 12.6 Å². The van der Waals surface area contributed by atoms with Crippen LogP contribution < -0.4 is 5.32 Å². The molecular weight excluding hydrogens is 360 g/mol. The van der Waals surface area contributed by atoms with Gasteiger partial charge in [-0.1, -0.05) is 20.8 Å². The van der Waals surface area contributed by atoms with Gasteiger partial charge in [0.05, 0.1) is 16.1 Å². The minimum atomic E-state index is -0.300. The van der Waals surface area contributed by atoms with Crippen LogP contribution in [0.4, 0.5) is 5.00 Å². The summed E-state index contributed by atoms with van der Waals surface area (Å²) in [5.41, 5.74) is 1.40. The van der Waals surface area contributed by atoms with Crippen molar-refractivity contribution in [1.82, 2.24) is 4.90 Å². The second-order valence-electron chi connectivity index (χ2n) is 9.20. The van der Waals surface area contributed by atoms with Gasteiger partial charge in [-0.05, 0) is 60.8 Å². The monoisotopic (exact) mass is 386 g/mol. The molecule has 1 aliphatic carbocycles. The van der Waals surface area contributed by atoms with Gasteiger partial charge in [-0.3, -0.25) is 9.59 Å². The number of rotatable bonds is 3. The average molecular weight is 387 g/mol. The summed E-state index contributed by atoms with van der Waals surface area (Å²) in [7, 11) is 0. The number of thiophene rings is 1. The fraction of sp³-hybridized carbons (Fsp3) is 0.524. The van der Waals surface area contributed by atoms with Gasteiger partial charge >= 0.3 is 0 Å². The van der Waals surface area contributed by atoms with Gasteiger partial charge in [-0.15, -0.1) is 11.3 Å². The number of fused-ring (bicyclic) bond motifs is 2. The Morgan fingerprint density at radius 3 is 2.78 bits per heavy atom. The van der Waals surface area contributed by atoms with Crippen molar-refractivity contribution in [1.29, 1.82) is 0 Å². The first-order chi connectivity index (χ1) is 12.7. The maximum Gasteiger partial charge on any atom is 0.291 e. The highest BCUT2D eigenvalue weighted by molar-refractivity contribution is 7.18. The number of aryl methyl sites for hydroxylation is 1. The Balaban J connectivity index is 1.53. The third-order valence-electron chi connectivity index (χ3n) is 5.77. The summed E-state index contributed by atoms with van der Waals surface area (Å²) in [5.74, 6) is 0.0615. The molecule has 1 saturated heterocycles. The lowest BCUT2D eigenvalue weighted by molar-refractivity contribution is 0.0712. The molecule has 5 nitrogen and oxygen atoms in total. The maximum absolute atomic E-state index is 13.3. The predicted molar refractivity (Wildman–Crippen MR) is 106 cm³/mol. The van der Waals surface area contributed by atoms with Crippen molar-refractivity contribution in [2.45, 2.75) is 53.0 Å². The summed E-state index contributed by atoms with van der Waals surface area (Å²) in [6, 6.07) is 5.48. The number of carbonyl (C=O) groups excluding carboxylic acids is 2. The number of furan rings is 1. The van der Waals surface area contributed by atoms with Gasteiger partial charge in [-0.25, -0.2) is 0 Å². The molecule has 2 fully saturated rings. The number of nitrogens with one attached hydrogen (secondary N) is 1. The molecule has 2 aromatic rings. The third kappa shape index (κ3) is 3.43. The minimum Gasteiger partial charge on any atom is -0.459 e. The standard InChI is InChI=1S/C21H26N2O3S/c1-13-8-16(22-18(24)15-6-5-7-26-15)27-17(13)19(25)23-12-21(4)10-14(23)9-20(2,3)11-21/h5-8,14H,9-12H2,1-4H3,(H,22,24)/t14-,21+/m1/s1. The summed E-state index contributed by atoms with van der Waals surface area (Å²) in [4.78, 5) is 28.3. The lowest BCUT2D eigenvalue weighted by Gasteiger charge is -2.39. The predicted octanol–water partition coefficient (Wildman–Crippen LogP) is 4.94. The molecule has 0 unspecified atom stereocenters. The molecule has 4 rings (SSSR count). The Morgan fingerprint density at radius 1 is 1.30 bits per heavy atom. The van der Waals surface area contributed by atoms with E-state index in [0.717, 1.165) is 36.2 Å². The van der Waals surface area contributed by atoms with E-state index in [9.17, 15) is 9.59 Å². The van der Waals surface area contributed by atoms with Crippen molar-refractivity contribution in [2.24, 2.45) is 10.8 Å². The lowest BCUT2D eigenvalue weighted by Crippen LogP contribution is -2.37. The molecular formula is C21H26N2O3S. The van der Waals surface area contributed by atoms with Crippen LogP contribution in [0, 0.1) is 17.8 Å². The largest absolute Gasteiger partial charge is 0.459 e. The number of likely N-dealkylation sites (tertiary alicyclic amines) is 1. The van der Waals surface area contributed by atoms with E-state index in [1.54, 1.807) is 12.1 Å². The van der Waals surface area contributed by atoms with Crippen LogP contribution >= 0.6 is 11.3 Å². The van der Waals surface area contributed by atoms with E-state index >= 15 is 0 Å². The second kappa shape index (κ2) is 6.23. The zero-order valence-electron chi connectivity index (χ0n) is 16.3. The molecule has 6 heteroatoms. The van der Waals surface area contributed by atoms with E-state index in [0.29, 0.717) is 11.0 Å². The topological polar surface area (TPSA) is 62.6 Å². The summed E-state index contributed by atoms with van der Waals surface area (Å²) in [6.45, 7) is 9.68. The Kier molecular flexibility index (Phi) is 4.22. The lowest BCUT2D eigenvalue weighted by atomic mass is 9.65. The van der Waals surface area contributed by atoms with Crippen LogP contribution in [0.2, 0.25) is 0 Å². The smallest absolute Gasteiger partial charge is 0.291 e. The number of carbonyl (C=O) groups is 2. The molecule has 3 heterocycles. The number of hydrogen-bond acceptors (Lipinski definition) is 4. The molecule has 144 valence electrons. The van der Waals surface area contributed by atoms with E-state index in [1.165, 1.54) is 17.6 Å². The van der Waals surface area contributed by atoms with Gasteiger partial charge in [0.25, 0.3) is 11.8 Å². The van der Waals surface area contributed by atoms with Gasteiger partial charge in [-0.2, -0.15) is 0 Å². The Labute approximate surface area is 163 Å². The fourth-order valence-corrected chi connectivity index (χ4v) is 6.19. The molecule has 27 heavy (non-hydrogen) atoms. The van der Waals surface area contributed by atoms with Crippen molar-refractivity contribution in [3.05, 3.63) is 40.7 Å². The molecule has 1 aliphatic heterocycles. The highest BCUT2D eigenvalue weighted by atomic mass is 32.1. The van der Waals surface area contributed by atoms with Crippen LogP contribution in [0.25, 0.3) is 0 Å². The van der Waals surface area contributed by atoms with Crippen molar-refractivity contribution in [2.75, 3.05) is 11.9 Å². The Morgan fingerprint density at radius 2 is 2.07 bits per heavy atom. The van der Waals surface area contributed by atoms with Gasteiger partial charge in [0.1, 0.15) is 0 Å². The number of nitrogens with zero attached hydrogens (tertiary/aromatic N) is 1. The summed E-state index contributed by atoms with van der Waals surface area (Å²) in [6.07, 6.45) is 4.78. The zero-order chi connectivity index (χ0) is 19.4. The molecule has 0 spiro atoms. The van der Waals surface area contributed by atoms with Crippen LogP contribution in [0.5, 0.6) is 0 Å². The molecule has 0 radical (unpaired) electrons. The van der Waals surface area contributed by atoms with Crippen LogP contribution in [0.1, 0.15) is 65.8 Å². The van der Waals surface area contributed by atoms with Crippen molar-refractivity contribution >= 4 is 28.2 Å². The van der Waals surface area contributed by atoms with E-state index in [2.05, 4.69) is 31.0 Å². The quantitative estimate of drug-likeness (QED) is 0.812. The second-order valence-corrected chi connectivity index (χ2v) is 10.3. The number of hydrogen-bond donors (Lipinski definition) is 1. The molecule has 2 amide bonds. The first kappa shape index (κ1) is 18.3. The number of anilines is 1. The first-order valence-electron chi connectivity index (χ1n) is 9.42. The van der Waals surface area contributed by atoms with E-state index < -0.39 is 0 Å². The van der Waals surface area contributed by atoms with Crippen LogP contribution in [0.3, 0.4) is 0 Å². The van der Waals surface area contributed by atoms with Gasteiger partial charge in [0.15, 0.2) is 5.76 Å². The molecule has 0 aromatic carbocycles. The Hall–Kier alpha value is -2.08. The summed E-state index contributed by atoms with van der Waals surface area (Å²) in [5, 5.41) is 3.51. The van der Waals surface area contributed by atoms with Gasteiger partial charge < -0.3 is 14.6 Å². The zero-order valence-corrected chi connectivity index (χ0v) is 17.1. The van der Waals surface area contributed by atoms with Crippen molar-refractivity contribution < 1.29 is 14.0 Å². The summed E-state index contributed by atoms with van der Waals surface area (Å²) >= 11 is 1.35. The van der Waals surface area contributed by atoms with E-state index in [-0.39, 0.29) is 28.4 Å². The maximum atomic E-state index is 13.3. The third-order valence-corrected chi connectivity index (χ3v) is 6.91. The highest BCUT2D eigenvalue weighted by Gasteiger charge is 2.51. The summed E-state index contributed by atoms with van der Waals surface area (Å²) < 4.78 is 5.13. The number of amides is 2. The molecule has 2 atom stereocenters. The molecule has 2 aromatic heterocycles. The van der Waals surface area contributed by atoms with E-state index in [4.69, 9.17) is 4.42 Å². The first-order valence-corrected chi connectivity index (χ1v) is 10.2. The average Bonchev–Trinajstić information content (AvgIpc) is 3.24. The minimum absolute atomic E-state index is 0.0995. The molecule has 2 aliphatic rings. The highest BCUT2D eigenvalue weighted by Crippen LogP contribution is 2.53. The molecule has 1 saturated carbocycles. The van der Waals surface area contributed by atoms with Crippen LogP contribution in [0.15, 0.2) is 28.9 Å². The molecule has 2 bridgehead atoms. The van der Waals surface area contributed by atoms with Crippen molar-refractivity contribution in [3.8, 4) is 0 Å². The van der Waals surface area contributed by atoms with Crippen LogP contribution in [-0.4, -0.2) is 29.3 Å². The van der Waals surface area contributed by atoms with Crippen LogP contribution in [-0.2, 0) is 0 Å². The Bertz CT molecular complexity index is 883. The molecule has 1 N–H and O–H groups in total.